The molecule has 1 heterocycles. The minimum atomic E-state index is -4.43. The standard InChI is InChI=1S/C19H23F3N4O3S.HI/c1-23-18(24-10-9-14-3-6-16(7-4-14)30(2,27)28)25-11-12-29-17-8-5-15(13-26-17)19(20,21)22;/h3-8,13H,9-12H2,1-2H3,(H2,23,24,25);1H. The van der Waals surface area contributed by atoms with Crippen LogP contribution in [0.5, 0.6) is 5.88 Å². The highest BCUT2D eigenvalue weighted by Crippen LogP contribution is 2.29. The number of guanidine groups is 1. The molecular weight excluding hydrogens is 548 g/mol. The lowest BCUT2D eigenvalue weighted by molar-refractivity contribution is -0.137. The lowest BCUT2D eigenvalue weighted by Crippen LogP contribution is -2.40. The van der Waals surface area contributed by atoms with Crippen molar-refractivity contribution >= 4 is 39.8 Å². The van der Waals surface area contributed by atoms with Crippen LogP contribution in [0.3, 0.4) is 0 Å². The van der Waals surface area contributed by atoms with Gasteiger partial charge in [-0.2, -0.15) is 13.2 Å². The number of rotatable bonds is 8. The Morgan fingerprint density at radius 3 is 2.26 bits per heavy atom. The summed E-state index contributed by atoms with van der Waals surface area (Å²) in [6, 6.07) is 8.76. The van der Waals surface area contributed by atoms with Gasteiger partial charge in [-0.3, -0.25) is 4.99 Å². The normalized spacial score (nSPS) is 12.1. The SMILES string of the molecule is CN=C(NCCOc1ccc(C(F)(F)F)cn1)NCCc1ccc(S(C)(=O)=O)cc1.I. The van der Waals surface area contributed by atoms with E-state index in [1.165, 1.54) is 6.07 Å². The maximum atomic E-state index is 12.5. The number of aliphatic imine (C=N–C) groups is 1. The monoisotopic (exact) mass is 572 g/mol. The fourth-order valence-corrected chi connectivity index (χ4v) is 3.04. The van der Waals surface area contributed by atoms with Gasteiger partial charge in [-0.15, -0.1) is 24.0 Å². The van der Waals surface area contributed by atoms with Crippen LogP contribution in [-0.4, -0.2) is 52.4 Å². The predicted molar refractivity (Wildman–Crippen MR) is 123 cm³/mol. The number of sulfone groups is 1. The fraction of sp³-hybridized carbons (Fsp3) is 0.368. The zero-order valence-electron chi connectivity index (χ0n) is 16.9. The second-order valence-corrected chi connectivity index (χ2v) is 8.34. The lowest BCUT2D eigenvalue weighted by Gasteiger charge is -2.13. The third kappa shape index (κ3) is 9.29. The first-order valence-corrected chi connectivity index (χ1v) is 10.9. The molecule has 7 nitrogen and oxygen atoms in total. The number of nitrogens with zero attached hydrogens (tertiary/aromatic N) is 2. The summed E-state index contributed by atoms with van der Waals surface area (Å²) in [5.74, 6) is 0.636. The Kier molecular flexibility index (Phi) is 10.5. The van der Waals surface area contributed by atoms with E-state index in [9.17, 15) is 21.6 Å². The summed E-state index contributed by atoms with van der Waals surface area (Å²) in [6.07, 6.45) is -1.88. The molecule has 1 aromatic carbocycles. The Morgan fingerprint density at radius 1 is 1.10 bits per heavy atom. The molecule has 2 aromatic rings. The predicted octanol–water partition coefficient (Wildman–Crippen LogP) is 2.91. The number of alkyl halides is 3. The molecule has 2 N–H and O–H groups in total. The fourth-order valence-electron chi connectivity index (χ4n) is 2.41. The quantitative estimate of drug-likeness (QED) is 0.219. The Labute approximate surface area is 196 Å². The van der Waals surface area contributed by atoms with Gasteiger partial charge in [0.25, 0.3) is 0 Å². The van der Waals surface area contributed by atoms with Gasteiger partial charge in [0, 0.05) is 32.1 Å². The van der Waals surface area contributed by atoms with Gasteiger partial charge in [-0.1, -0.05) is 12.1 Å². The zero-order chi connectivity index (χ0) is 22.2. The molecule has 31 heavy (non-hydrogen) atoms. The van der Waals surface area contributed by atoms with Crippen molar-refractivity contribution in [2.75, 3.05) is 33.0 Å². The largest absolute Gasteiger partial charge is 0.476 e. The number of hydrogen-bond acceptors (Lipinski definition) is 5. The van der Waals surface area contributed by atoms with Gasteiger partial charge in [-0.05, 0) is 30.2 Å². The number of benzene rings is 1. The van der Waals surface area contributed by atoms with Crippen LogP contribution in [0.4, 0.5) is 13.2 Å². The molecule has 0 saturated heterocycles. The molecule has 0 aliphatic heterocycles. The Morgan fingerprint density at radius 2 is 1.74 bits per heavy atom. The Balaban J connectivity index is 0.00000480. The van der Waals surface area contributed by atoms with E-state index >= 15 is 0 Å². The molecule has 0 spiro atoms. The summed E-state index contributed by atoms with van der Waals surface area (Å²) < 4.78 is 65.7. The van der Waals surface area contributed by atoms with Crippen molar-refractivity contribution < 1.29 is 26.3 Å². The summed E-state index contributed by atoms with van der Waals surface area (Å²) in [5.41, 5.74) is 0.144. The summed E-state index contributed by atoms with van der Waals surface area (Å²) in [6.45, 7) is 1.12. The average molecular weight is 572 g/mol. The lowest BCUT2D eigenvalue weighted by atomic mass is 10.1. The zero-order valence-corrected chi connectivity index (χ0v) is 20.1. The van der Waals surface area contributed by atoms with Gasteiger partial charge in [0.15, 0.2) is 15.8 Å². The number of ether oxygens (including phenoxy) is 1. The van der Waals surface area contributed by atoms with E-state index in [-0.39, 0.29) is 41.4 Å². The number of pyridine rings is 1. The van der Waals surface area contributed by atoms with E-state index in [2.05, 4.69) is 20.6 Å². The molecule has 1 aromatic heterocycles. The summed E-state index contributed by atoms with van der Waals surface area (Å²) in [4.78, 5) is 7.98. The molecule has 0 bridgehead atoms. The van der Waals surface area contributed by atoms with Crippen LogP contribution >= 0.6 is 24.0 Å². The highest BCUT2D eigenvalue weighted by molar-refractivity contribution is 14.0. The number of halogens is 4. The number of aromatic nitrogens is 1. The maximum Gasteiger partial charge on any atom is 0.417 e. The first-order valence-electron chi connectivity index (χ1n) is 8.99. The second-order valence-electron chi connectivity index (χ2n) is 6.32. The van der Waals surface area contributed by atoms with Crippen molar-refractivity contribution in [1.29, 1.82) is 0 Å². The third-order valence-electron chi connectivity index (χ3n) is 3.99. The van der Waals surface area contributed by atoms with Crippen LogP contribution in [0.25, 0.3) is 0 Å². The summed E-state index contributed by atoms with van der Waals surface area (Å²) >= 11 is 0. The molecule has 0 atom stereocenters. The first kappa shape index (κ1) is 26.9. The highest BCUT2D eigenvalue weighted by atomic mass is 127. The Bertz CT molecular complexity index is 951. The third-order valence-corrected chi connectivity index (χ3v) is 5.12. The van der Waals surface area contributed by atoms with E-state index in [4.69, 9.17) is 4.74 Å². The van der Waals surface area contributed by atoms with Crippen LogP contribution in [0.1, 0.15) is 11.1 Å². The van der Waals surface area contributed by atoms with Gasteiger partial charge in [0.1, 0.15) is 6.61 Å². The molecule has 0 aliphatic carbocycles. The van der Waals surface area contributed by atoms with Crippen molar-refractivity contribution in [3.8, 4) is 5.88 Å². The second kappa shape index (κ2) is 12.1. The van der Waals surface area contributed by atoms with Gasteiger partial charge < -0.3 is 15.4 Å². The smallest absolute Gasteiger partial charge is 0.417 e. The van der Waals surface area contributed by atoms with Gasteiger partial charge in [0.05, 0.1) is 17.0 Å². The van der Waals surface area contributed by atoms with Crippen LogP contribution in [0.2, 0.25) is 0 Å². The van der Waals surface area contributed by atoms with Gasteiger partial charge >= 0.3 is 6.18 Å². The minimum absolute atomic E-state index is 0. The van der Waals surface area contributed by atoms with E-state index < -0.39 is 21.6 Å². The average Bonchev–Trinajstić information content (AvgIpc) is 2.69. The van der Waals surface area contributed by atoms with E-state index in [0.717, 1.165) is 24.1 Å². The molecule has 12 heteroatoms. The molecule has 172 valence electrons. The van der Waals surface area contributed by atoms with Crippen molar-refractivity contribution in [3.05, 3.63) is 53.7 Å². The maximum absolute atomic E-state index is 12.5. The van der Waals surface area contributed by atoms with Crippen LogP contribution in [0.15, 0.2) is 52.5 Å². The van der Waals surface area contributed by atoms with Crippen LogP contribution in [-0.2, 0) is 22.4 Å². The topological polar surface area (TPSA) is 92.7 Å². The van der Waals surface area contributed by atoms with Crippen molar-refractivity contribution in [3.63, 3.8) is 0 Å². The van der Waals surface area contributed by atoms with E-state index in [0.29, 0.717) is 25.5 Å². The van der Waals surface area contributed by atoms with Crippen molar-refractivity contribution in [1.82, 2.24) is 15.6 Å². The van der Waals surface area contributed by atoms with Crippen LogP contribution < -0.4 is 15.4 Å². The van der Waals surface area contributed by atoms with Crippen LogP contribution in [0, 0.1) is 0 Å². The molecule has 0 saturated carbocycles. The molecule has 0 fully saturated rings. The molecule has 2 rings (SSSR count). The summed E-state index contributed by atoms with van der Waals surface area (Å²) in [7, 11) is -1.60. The molecule has 0 amide bonds. The van der Waals surface area contributed by atoms with Gasteiger partial charge in [-0.25, -0.2) is 13.4 Å². The molecule has 0 unspecified atom stereocenters. The van der Waals surface area contributed by atoms with E-state index in [1.54, 1.807) is 31.3 Å². The van der Waals surface area contributed by atoms with E-state index in [1.807, 2.05) is 0 Å². The Hall–Kier alpha value is -2.09. The minimum Gasteiger partial charge on any atom is -0.476 e. The first-order chi connectivity index (χ1) is 14.1. The summed E-state index contributed by atoms with van der Waals surface area (Å²) in [5, 5.41) is 6.13. The highest BCUT2D eigenvalue weighted by Gasteiger charge is 2.30. The molecular formula is C19H24F3IN4O3S. The number of hydrogen-bond donors (Lipinski definition) is 2. The number of nitrogens with one attached hydrogen (secondary N) is 2. The molecule has 0 radical (unpaired) electrons. The van der Waals surface area contributed by atoms with Crippen molar-refractivity contribution in [2.24, 2.45) is 4.99 Å². The molecule has 0 aliphatic rings. The van der Waals surface area contributed by atoms with Gasteiger partial charge in [0.2, 0.25) is 5.88 Å². The van der Waals surface area contributed by atoms with Crippen molar-refractivity contribution in [2.45, 2.75) is 17.5 Å².